The Morgan fingerprint density at radius 1 is 1.07 bits per heavy atom. The molecule has 3 atom stereocenters. The van der Waals surface area contributed by atoms with Crippen LogP contribution < -0.4 is 15.4 Å². The second-order valence-electron chi connectivity index (χ2n) is 7.10. The molecule has 0 bridgehead atoms. The zero-order valence-corrected chi connectivity index (χ0v) is 16.3. The van der Waals surface area contributed by atoms with Crippen molar-refractivity contribution in [2.75, 3.05) is 5.32 Å². The minimum atomic E-state index is -0.625. The van der Waals surface area contributed by atoms with Gasteiger partial charge in [-0.1, -0.05) is 18.2 Å². The Labute approximate surface area is 169 Å². The Balaban J connectivity index is 1.45. The molecule has 1 saturated carbocycles. The standard InChI is InChI=1S/C22H25FN2O4/c1-15(28-19-7-3-2-4-8-19)21(26)24-18-6-5-9-20(14-18)29-22(27)25-17-12-10-16(23)11-13-17/h2-4,7-8,10-13,15,18,20H,5-6,9,14H2,1H3,(H,24,26)(H,25,27). The van der Waals surface area contributed by atoms with Crippen LogP contribution in [-0.4, -0.2) is 30.3 Å². The third-order valence-electron chi connectivity index (χ3n) is 4.76. The van der Waals surface area contributed by atoms with E-state index in [-0.39, 0.29) is 23.9 Å². The first kappa shape index (κ1) is 20.6. The van der Waals surface area contributed by atoms with Crippen LogP contribution in [0.1, 0.15) is 32.6 Å². The number of rotatable bonds is 6. The van der Waals surface area contributed by atoms with Crippen molar-refractivity contribution in [2.24, 2.45) is 0 Å². The largest absolute Gasteiger partial charge is 0.481 e. The molecule has 7 heteroatoms. The molecule has 2 N–H and O–H groups in total. The molecule has 0 radical (unpaired) electrons. The lowest BCUT2D eigenvalue weighted by atomic mass is 9.92. The molecule has 2 aromatic rings. The van der Waals surface area contributed by atoms with E-state index in [9.17, 15) is 14.0 Å². The number of benzene rings is 2. The molecule has 0 aromatic heterocycles. The van der Waals surface area contributed by atoms with Crippen LogP contribution in [0, 0.1) is 5.82 Å². The van der Waals surface area contributed by atoms with Gasteiger partial charge in [0.25, 0.3) is 5.91 Å². The number of carbonyl (C=O) groups excluding carboxylic acids is 2. The van der Waals surface area contributed by atoms with Gasteiger partial charge in [-0.05, 0) is 62.6 Å². The molecule has 3 unspecified atom stereocenters. The van der Waals surface area contributed by atoms with Gasteiger partial charge >= 0.3 is 6.09 Å². The monoisotopic (exact) mass is 400 g/mol. The average Bonchev–Trinajstić information content (AvgIpc) is 2.70. The van der Waals surface area contributed by atoms with Crippen LogP contribution in [0.2, 0.25) is 0 Å². The maximum absolute atomic E-state index is 12.9. The summed E-state index contributed by atoms with van der Waals surface area (Å²) in [6.45, 7) is 1.70. The fourth-order valence-electron chi connectivity index (χ4n) is 3.29. The van der Waals surface area contributed by atoms with E-state index in [0.29, 0.717) is 17.9 Å². The molecule has 1 aliphatic rings. The van der Waals surface area contributed by atoms with E-state index in [0.717, 1.165) is 19.3 Å². The fourth-order valence-corrected chi connectivity index (χ4v) is 3.29. The van der Waals surface area contributed by atoms with Gasteiger partial charge < -0.3 is 14.8 Å². The molecule has 0 heterocycles. The SMILES string of the molecule is CC(Oc1ccccc1)C(=O)NC1CCCC(OC(=O)Nc2ccc(F)cc2)C1. The smallest absolute Gasteiger partial charge is 0.411 e. The van der Waals surface area contributed by atoms with E-state index in [2.05, 4.69) is 10.6 Å². The average molecular weight is 400 g/mol. The van der Waals surface area contributed by atoms with Gasteiger partial charge in [-0.25, -0.2) is 9.18 Å². The third-order valence-corrected chi connectivity index (χ3v) is 4.76. The van der Waals surface area contributed by atoms with Crippen LogP contribution in [0.5, 0.6) is 5.75 Å². The number of nitrogens with one attached hydrogen (secondary N) is 2. The van der Waals surface area contributed by atoms with Gasteiger partial charge in [-0.2, -0.15) is 0 Å². The van der Waals surface area contributed by atoms with Crippen LogP contribution in [-0.2, 0) is 9.53 Å². The molecular formula is C22H25FN2O4. The summed E-state index contributed by atoms with van der Waals surface area (Å²) in [5.74, 6) is 0.0630. The van der Waals surface area contributed by atoms with Crippen molar-refractivity contribution in [2.45, 2.75) is 50.9 Å². The van der Waals surface area contributed by atoms with Crippen molar-refractivity contribution < 1.29 is 23.5 Å². The first-order valence-corrected chi connectivity index (χ1v) is 9.75. The zero-order chi connectivity index (χ0) is 20.6. The maximum Gasteiger partial charge on any atom is 0.411 e. The molecular weight excluding hydrogens is 375 g/mol. The Morgan fingerprint density at radius 2 is 1.79 bits per heavy atom. The number of para-hydroxylation sites is 1. The van der Waals surface area contributed by atoms with E-state index < -0.39 is 12.2 Å². The first-order chi connectivity index (χ1) is 14.0. The van der Waals surface area contributed by atoms with Crippen LogP contribution in [0.25, 0.3) is 0 Å². The van der Waals surface area contributed by atoms with E-state index in [1.165, 1.54) is 24.3 Å². The van der Waals surface area contributed by atoms with Crippen molar-refractivity contribution in [3.8, 4) is 5.75 Å². The Morgan fingerprint density at radius 3 is 2.52 bits per heavy atom. The number of anilines is 1. The molecule has 29 heavy (non-hydrogen) atoms. The minimum Gasteiger partial charge on any atom is -0.481 e. The minimum absolute atomic E-state index is 0.0818. The predicted molar refractivity (Wildman–Crippen MR) is 107 cm³/mol. The molecule has 6 nitrogen and oxygen atoms in total. The number of hydrogen-bond acceptors (Lipinski definition) is 4. The van der Waals surface area contributed by atoms with Crippen molar-refractivity contribution >= 4 is 17.7 Å². The molecule has 1 aliphatic carbocycles. The van der Waals surface area contributed by atoms with Gasteiger partial charge in [0, 0.05) is 18.2 Å². The highest BCUT2D eigenvalue weighted by atomic mass is 19.1. The number of hydrogen-bond donors (Lipinski definition) is 2. The van der Waals surface area contributed by atoms with Crippen LogP contribution in [0.3, 0.4) is 0 Å². The van der Waals surface area contributed by atoms with E-state index >= 15 is 0 Å². The molecule has 0 spiro atoms. The maximum atomic E-state index is 12.9. The number of carbonyl (C=O) groups is 2. The van der Waals surface area contributed by atoms with Gasteiger partial charge in [0.05, 0.1) is 0 Å². The number of halogens is 1. The fraction of sp³-hybridized carbons (Fsp3) is 0.364. The molecule has 2 aromatic carbocycles. The van der Waals surface area contributed by atoms with Gasteiger partial charge in [-0.15, -0.1) is 0 Å². The summed E-state index contributed by atoms with van der Waals surface area (Å²) >= 11 is 0. The molecule has 0 saturated heterocycles. The molecule has 154 valence electrons. The summed E-state index contributed by atoms with van der Waals surface area (Å²) in [6.07, 6.45) is 1.44. The topological polar surface area (TPSA) is 76.7 Å². The van der Waals surface area contributed by atoms with Crippen LogP contribution in [0.4, 0.5) is 14.9 Å². The lowest BCUT2D eigenvalue weighted by Crippen LogP contribution is -2.46. The van der Waals surface area contributed by atoms with Crippen molar-refractivity contribution in [3.63, 3.8) is 0 Å². The van der Waals surface area contributed by atoms with Crippen molar-refractivity contribution in [3.05, 3.63) is 60.4 Å². The Kier molecular flexibility index (Phi) is 7.05. The summed E-state index contributed by atoms with van der Waals surface area (Å²) in [5, 5.41) is 5.56. The van der Waals surface area contributed by atoms with Gasteiger partial charge in [0.2, 0.25) is 0 Å². The molecule has 0 aliphatic heterocycles. The third kappa shape index (κ3) is 6.48. The molecule has 1 fully saturated rings. The lowest BCUT2D eigenvalue weighted by molar-refractivity contribution is -0.128. The highest BCUT2D eigenvalue weighted by molar-refractivity contribution is 5.84. The lowest BCUT2D eigenvalue weighted by Gasteiger charge is -2.30. The summed E-state index contributed by atoms with van der Waals surface area (Å²) in [6, 6.07) is 14.6. The number of ether oxygens (including phenoxy) is 2. The van der Waals surface area contributed by atoms with Crippen LogP contribution >= 0.6 is 0 Å². The van der Waals surface area contributed by atoms with Crippen molar-refractivity contribution in [1.82, 2.24) is 5.32 Å². The molecule has 2 amide bonds. The Bertz CT molecular complexity index is 813. The second kappa shape index (κ2) is 9.91. The highest BCUT2D eigenvalue weighted by Gasteiger charge is 2.27. The highest BCUT2D eigenvalue weighted by Crippen LogP contribution is 2.22. The van der Waals surface area contributed by atoms with Crippen molar-refractivity contribution in [1.29, 1.82) is 0 Å². The van der Waals surface area contributed by atoms with E-state index in [1.807, 2.05) is 18.2 Å². The summed E-state index contributed by atoms with van der Waals surface area (Å²) < 4.78 is 24.1. The van der Waals surface area contributed by atoms with Gasteiger partial charge in [-0.3, -0.25) is 10.1 Å². The second-order valence-corrected chi connectivity index (χ2v) is 7.10. The summed E-state index contributed by atoms with van der Waals surface area (Å²) in [7, 11) is 0. The van der Waals surface area contributed by atoms with Gasteiger partial charge in [0.1, 0.15) is 17.7 Å². The quantitative estimate of drug-likeness (QED) is 0.759. The Hall–Kier alpha value is -3.09. The van der Waals surface area contributed by atoms with Gasteiger partial charge in [0.15, 0.2) is 6.10 Å². The molecule has 3 rings (SSSR count). The van der Waals surface area contributed by atoms with E-state index in [1.54, 1.807) is 19.1 Å². The van der Waals surface area contributed by atoms with Crippen LogP contribution in [0.15, 0.2) is 54.6 Å². The summed E-state index contributed by atoms with van der Waals surface area (Å²) in [5.41, 5.74) is 0.462. The normalized spacial score (nSPS) is 19.7. The predicted octanol–water partition coefficient (Wildman–Crippen LogP) is 4.27. The number of amides is 2. The first-order valence-electron chi connectivity index (χ1n) is 9.75. The summed E-state index contributed by atoms with van der Waals surface area (Å²) in [4.78, 5) is 24.5. The zero-order valence-electron chi connectivity index (χ0n) is 16.3. The van der Waals surface area contributed by atoms with E-state index in [4.69, 9.17) is 9.47 Å².